The second-order valence-corrected chi connectivity index (χ2v) is 10.2. The standard InChI is InChI=1S/C20H26N2O3S2/c1-4-14-5-10-18-15(11-14)12-19(26-18)20(23)21-16-6-8-17(9-7-16)27(24,25)22-13(2)3/h6-9,12-14,22H,4-5,10-11H2,1-3H3,(H,21,23)/t14-/m0/s1. The van der Waals surface area contributed by atoms with Crippen molar-refractivity contribution in [2.75, 3.05) is 5.32 Å². The summed E-state index contributed by atoms with van der Waals surface area (Å²) in [7, 11) is -3.53. The highest BCUT2D eigenvalue weighted by Gasteiger charge is 2.22. The summed E-state index contributed by atoms with van der Waals surface area (Å²) in [5, 5.41) is 2.87. The number of carbonyl (C=O) groups is 1. The second-order valence-electron chi connectivity index (χ2n) is 7.33. The zero-order valence-electron chi connectivity index (χ0n) is 15.9. The largest absolute Gasteiger partial charge is 0.321 e. The van der Waals surface area contributed by atoms with E-state index >= 15 is 0 Å². The number of amides is 1. The Kier molecular flexibility index (Phi) is 6.03. The molecule has 27 heavy (non-hydrogen) atoms. The third kappa shape index (κ3) is 4.78. The summed E-state index contributed by atoms with van der Waals surface area (Å²) < 4.78 is 26.9. The van der Waals surface area contributed by atoms with E-state index in [9.17, 15) is 13.2 Å². The highest BCUT2D eigenvalue weighted by Crippen LogP contribution is 2.33. The van der Waals surface area contributed by atoms with Crippen LogP contribution in [0, 0.1) is 5.92 Å². The van der Waals surface area contributed by atoms with Gasteiger partial charge >= 0.3 is 0 Å². The quantitative estimate of drug-likeness (QED) is 0.755. The van der Waals surface area contributed by atoms with Crippen LogP contribution in [0.25, 0.3) is 0 Å². The first-order valence-electron chi connectivity index (χ1n) is 9.34. The fourth-order valence-electron chi connectivity index (χ4n) is 3.35. The molecule has 1 atom stereocenters. The molecule has 1 aromatic carbocycles. The van der Waals surface area contributed by atoms with Gasteiger partial charge in [-0.3, -0.25) is 4.79 Å². The summed E-state index contributed by atoms with van der Waals surface area (Å²) in [6.45, 7) is 5.77. The van der Waals surface area contributed by atoms with Crippen LogP contribution in [-0.2, 0) is 22.9 Å². The van der Waals surface area contributed by atoms with Gasteiger partial charge < -0.3 is 5.32 Å². The van der Waals surface area contributed by atoms with E-state index in [1.54, 1.807) is 37.3 Å². The minimum atomic E-state index is -3.53. The van der Waals surface area contributed by atoms with E-state index in [2.05, 4.69) is 17.0 Å². The van der Waals surface area contributed by atoms with Gasteiger partial charge in [0.1, 0.15) is 0 Å². The lowest BCUT2D eigenvalue weighted by molar-refractivity contribution is 0.103. The third-order valence-corrected chi connectivity index (χ3v) is 7.71. The molecule has 1 heterocycles. The lowest BCUT2D eigenvalue weighted by Crippen LogP contribution is -2.30. The third-order valence-electron chi connectivity index (χ3n) is 4.80. The number of sulfonamides is 1. The monoisotopic (exact) mass is 406 g/mol. The van der Waals surface area contributed by atoms with Crippen molar-refractivity contribution in [3.63, 3.8) is 0 Å². The molecule has 2 aromatic rings. The summed E-state index contributed by atoms with van der Waals surface area (Å²) in [6, 6.07) is 8.09. The molecule has 146 valence electrons. The van der Waals surface area contributed by atoms with Crippen LogP contribution in [-0.4, -0.2) is 20.4 Å². The fourth-order valence-corrected chi connectivity index (χ4v) is 5.70. The lowest BCUT2D eigenvalue weighted by Gasteiger charge is -2.19. The molecule has 1 aliphatic rings. The summed E-state index contributed by atoms with van der Waals surface area (Å²) in [4.78, 5) is 14.8. The van der Waals surface area contributed by atoms with Crippen molar-refractivity contribution < 1.29 is 13.2 Å². The Morgan fingerprint density at radius 1 is 1.26 bits per heavy atom. The van der Waals surface area contributed by atoms with Crippen LogP contribution in [0.15, 0.2) is 35.2 Å². The maximum atomic E-state index is 12.6. The maximum Gasteiger partial charge on any atom is 0.265 e. The van der Waals surface area contributed by atoms with Gasteiger partial charge in [-0.2, -0.15) is 0 Å². The van der Waals surface area contributed by atoms with Crippen molar-refractivity contribution in [2.24, 2.45) is 5.92 Å². The molecule has 1 aromatic heterocycles. The Balaban J connectivity index is 1.69. The number of hydrogen-bond donors (Lipinski definition) is 2. The van der Waals surface area contributed by atoms with Gasteiger partial charge in [0.25, 0.3) is 5.91 Å². The average molecular weight is 407 g/mol. The molecule has 7 heteroatoms. The molecule has 0 radical (unpaired) electrons. The molecule has 0 fully saturated rings. The number of thiophene rings is 1. The first-order chi connectivity index (χ1) is 12.8. The van der Waals surface area contributed by atoms with Gasteiger partial charge in [0.15, 0.2) is 0 Å². The van der Waals surface area contributed by atoms with Crippen LogP contribution < -0.4 is 10.0 Å². The van der Waals surface area contributed by atoms with Crippen LogP contribution in [0.4, 0.5) is 5.69 Å². The molecule has 0 saturated heterocycles. The summed E-state index contributed by atoms with van der Waals surface area (Å²) in [5.41, 5.74) is 1.89. The molecule has 0 bridgehead atoms. The normalized spacial score (nSPS) is 17.0. The predicted molar refractivity (Wildman–Crippen MR) is 110 cm³/mol. The minimum absolute atomic E-state index is 0.140. The average Bonchev–Trinajstić information content (AvgIpc) is 3.04. The zero-order valence-corrected chi connectivity index (χ0v) is 17.5. The first kappa shape index (κ1) is 20.0. The Labute approximate surface area is 165 Å². The van der Waals surface area contributed by atoms with Crippen molar-refractivity contribution in [1.82, 2.24) is 4.72 Å². The van der Waals surface area contributed by atoms with Crippen molar-refractivity contribution in [1.29, 1.82) is 0 Å². The number of hydrogen-bond acceptors (Lipinski definition) is 4. The topological polar surface area (TPSA) is 75.3 Å². The molecular weight excluding hydrogens is 380 g/mol. The second kappa shape index (κ2) is 8.12. The highest BCUT2D eigenvalue weighted by atomic mass is 32.2. The van der Waals surface area contributed by atoms with Crippen LogP contribution >= 0.6 is 11.3 Å². The number of nitrogens with one attached hydrogen (secondary N) is 2. The first-order valence-corrected chi connectivity index (χ1v) is 11.6. The van der Waals surface area contributed by atoms with E-state index in [0.717, 1.165) is 23.6 Å². The number of aryl methyl sites for hydroxylation is 1. The number of fused-ring (bicyclic) bond motifs is 1. The molecule has 0 spiro atoms. The van der Waals surface area contributed by atoms with Gasteiger partial charge in [0, 0.05) is 16.6 Å². The molecule has 1 amide bonds. The van der Waals surface area contributed by atoms with E-state index in [-0.39, 0.29) is 16.8 Å². The SMILES string of the molecule is CC[C@H]1CCc2sc(C(=O)Nc3ccc(S(=O)(=O)NC(C)C)cc3)cc2C1. The van der Waals surface area contributed by atoms with Gasteiger partial charge in [-0.25, -0.2) is 13.1 Å². The van der Waals surface area contributed by atoms with Gasteiger partial charge in [0.2, 0.25) is 10.0 Å². The lowest BCUT2D eigenvalue weighted by atomic mass is 9.87. The molecule has 0 saturated carbocycles. The molecule has 0 aliphatic heterocycles. The van der Waals surface area contributed by atoms with Crippen molar-refractivity contribution in [3.05, 3.63) is 45.6 Å². The van der Waals surface area contributed by atoms with Gasteiger partial charge in [-0.05, 0) is 74.9 Å². The number of rotatable bonds is 6. The van der Waals surface area contributed by atoms with Crippen LogP contribution in [0.5, 0.6) is 0 Å². The summed E-state index contributed by atoms with van der Waals surface area (Å²) in [5.74, 6) is 0.579. The molecule has 1 aliphatic carbocycles. The molecular formula is C20H26N2O3S2. The number of carbonyl (C=O) groups excluding carboxylic acids is 1. The zero-order chi connectivity index (χ0) is 19.6. The fraction of sp³-hybridized carbons (Fsp3) is 0.450. The van der Waals surface area contributed by atoms with E-state index in [1.165, 1.54) is 35.4 Å². The van der Waals surface area contributed by atoms with Crippen LogP contribution in [0.2, 0.25) is 0 Å². The highest BCUT2D eigenvalue weighted by molar-refractivity contribution is 7.89. The van der Waals surface area contributed by atoms with E-state index in [1.807, 2.05) is 6.07 Å². The van der Waals surface area contributed by atoms with E-state index in [0.29, 0.717) is 5.69 Å². The van der Waals surface area contributed by atoms with Gasteiger partial charge in [0.05, 0.1) is 9.77 Å². The number of anilines is 1. The van der Waals surface area contributed by atoms with Crippen molar-refractivity contribution in [2.45, 2.75) is 57.4 Å². The number of benzene rings is 1. The van der Waals surface area contributed by atoms with Crippen molar-refractivity contribution >= 4 is 33.0 Å². The molecule has 5 nitrogen and oxygen atoms in total. The van der Waals surface area contributed by atoms with Crippen LogP contribution in [0.3, 0.4) is 0 Å². The minimum Gasteiger partial charge on any atom is -0.321 e. The Hall–Kier alpha value is -1.70. The Morgan fingerprint density at radius 3 is 2.59 bits per heavy atom. The van der Waals surface area contributed by atoms with Gasteiger partial charge in [-0.15, -0.1) is 11.3 Å². The molecule has 2 N–H and O–H groups in total. The summed E-state index contributed by atoms with van der Waals surface area (Å²) in [6.07, 6.45) is 4.50. The van der Waals surface area contributed by atoms with E-state index in [4.69, 9.17) is 0 Å². The van der Waals surface area contributed by atoms with Crippen molar-refractivity contribution in [3.8, 4) is 0 Å². The smallest absolute Gasteiger partial charge is 0.265 e. The Bertz CT molecular complexity index is 915. The predicted octanol–water partition coefficient (Wildman–Crippen LogP) is 4.20. The van der Waals surface area contributed by atoms with Crippen LogP contribution in [0.1, 0.15) is 53.7 Å². The van der Waals surface area contributed by atoms with E-state index < -0.39 is 10.0 Å². The summed E-state index contributed by atoms with van der Waals surface area (Å²) >= 11 is 1.57. The molecule has 3 rings (SSSR count). The Morgan fingerprint density at radius 2 is 1.96 bits per heavy atom. The van der Waals surface area contributed by atoms with Gasteiger partial charge in [-0.1, -0.05) is 13.3 Å². The maximum absolute atomic E-state index is 12.6. The molecule has 0 unspecified atom stereocenters.